The first-order valence-corrected chi connectivity index (χ1v) is 14.9. The number of benzene rings is 3. The topological polar surface area (TPSA) is 99.4 Å². The Balaban J connectivity index is 1.60. The lowest BCUT2D eigenvalue weighted by molar-refractivity contribution is 0.0471. The SMILES string of the molecule is Cc1cc(C(C)(C)C)cc(C)c1COC(=O)c1cc(S(=O)(=O)Nc2c(C)n(C)n(-c3ccccc3)c2=O)ccc1Cl. The molecule has 0 atom stereocenters. The molecular weight excluding hydrogens is 562 g/mol. The summed E-state index contributed by atoms with van der Waals surface area (Å²) in [6.07, 6.45) is 0. The summed E-state index contributed by atoms with van der Waals surface area (Å²) in [5.74, 6) is -0.756. The maximum absolute atomic E-state index is 13.4. The Morgan fingerprint density at radius 3 is 2.17 bits per heavy atom. The third-order valence-electron chi connectivity index (χ3n) is 7.17. The van der Waals surface area contributed by atoms with Crippen LogP contribution < -0.4 is 10.3 Å². The number of sulfonamides is 1. The highest BCUT2D eigenvalue weighted by Gasteiger charge is 2.25. The summed E-state index contributed by atoms with van der Waals surface area (Å²) in [5, 5.41) is 0.0489. The molecule has 1 aromatic heterocycles. The number of ether oxygens (including phenoxy) is 1. The molecule has 4 rings (SSSR count). The van der Waals surface area contributed by atoms with Crippen molar-refractivity contribution in [3.8, 4) is 5.69 Å². The van der Waals surface area contributed by atoms with Crippen LogP contribution in [0.15, 0.2) is 70.4 Å². The Morgan fingerprint density at radius 2 is 1.59 bits per heavy atom. The summed E-state index contributed by atoms with van der Waals surface area (Å²) < 4.78 is 37.7. The van der Waals surface area contributed by atoms with Crippen LogP contribution in [0.5, 0.6) is 0 Å². The minimum Gasteiger partial charge on any atom is -0.457 e. The van der Waals surface area contributed by atoms with Crippen LogP contribution in [0.25, 0.3) is 5.69 Å². The molecule has 0 aliphatic carbocycles. The van der Waals surface area contributed by atoms with E-state index in [4.69, 9.17) is 16.3 Å². The number of esters is 1. The summed E-state index contributed by atoms with van der Waals surface area (Å²) in [6.45, 7) is 12.0. The maximum atomic E-state index is 13.4. The van der Waals surface area contributed by atoms with Crippen molar-refractivity contribution in [1.29, 1.82) is 0 Å². The Morgan fingerprint density at radius 1 is 0.976 bits per heavy atom. The van der Waals surface area contributed by atoms with E-state index in [-0.39, 0.29) is 33.2 Å². The van der Waals surface area contributed by atoms with Gasteiger partial charge in [-0.25, -0.2) is 17.9 Å². The number of halogens is 1. The number of aryl methyl sites for hydroxylation is 2. The Kier molecular flexibility index (Phi) is 8.25. The molecule has 0 fully saturated rings. The van der Waals surface area contributed by atoms with Gasteiger partial charge in [0.1, 0.15) is 12.3 Å². The molecule has 0 amide bonds. The molecule has 8 nitrogen and oxygen atoms in total. The number of carbonyl (C=O) groups is 1. The average molecular weight is 596 g/mol. The van der Waals surface area contributed by atoms with E-state index in [1.165, 1.54) is 22.4 Å². The summed E-state index contributed by atoms with van der Waals surface area (Å²) in [4.78, 5) is 26.0. The lowest BCUT2D eigenvalue weighted by Gasteiger charge is -2.22. The highest BCUT2D eigenvalue weighted by atomic mass is 35.5. The van der Waals surface area contributed by atoms with Gasteiger partial charge in [0.2, 0.25) is 0 Å². The lowest BCUT2D eigenvalue weighted by atomic mass is 9.84. The summed E-state index contributed by atoms with van der Waals surface area (Å²) in [6, 6.07) is 16.8. The molecule has 0 aliphatic heterocycles. The highest BCUT2D eigenvalue weighted by molar-refractivity contribution is 7.92. The van der Waals surface area contributed by atoms with Gasteiger partial charge in [-0.3, -0.25) is 14.2 Å². The molecule has 0 spiro atoms. The van der Waals surface area contributed by atoms with Crippen LogP contribution >= 0.6 is 11.6 Å². The van der Waals surface area contributed by atoms with Crippen molar-refractivity contribution in [1.82, 2.24) is 9.36 Å². The van der Waals surface area contributed by atoms with Crippen LogP contribution in [0.1, 0.15) is 59.1 Å². The van der Waals surface area contributed by atoms with Crippen molar-refractivity contribution in [2.24, 2.45) is 7.05 Å². The number of hydrogen-bond acceptors (Lipinski definition) is 5. The molecule has 41 heavy (non-hydrogen) atoms. The van der Waals surface area contributed by atoms with E-state index >= 15 is 0 Å². The van der Waals surface area contributed by atoms with E-state index in [0.717, 1.165) is 22.8 Å². The minimum atomic E-state index is -4.26. The molecule has 0 unspecified atom stereocenters. The smallest absolute Gasteiger partial charge is 0.340 e. The Hall–Kier alpha value is -3.82. The van der Waals surface area contributed by atoms with Gasteiger partial charge in [-0.15, -0.1) is 0 Å². The highest BCUT2D eigenvalue weighted by Crippen LogP contribution is 2.28. The molecule has 0 radical (unpaired) electrons. The quantitative estimate of drug-likeness (QED) is 0.256. The fourth-order valence-corrected chi connectivity index (χ4v) is 5.91. The standard InChI is InChI=1S/C31H34ClN3O5S/c1-19-15-22(31(4,5)6)16-20(2)26(19)18-40-30(37)25-17-24(13-14-27(25)32)41(38,39)33-28-21(3)34(7)35(29(28)36)23-11-9-8-10-12-23/h8-17,33H,18H2,1-7H3. The second-order valence-electron chi connectivity index (χ2n) is 11.1. The van der Waals surface area contributed by atoms with Gasteiger partial charge in [-0.2, -0.15) is 0 Å². The first-order valence-electron chi connectivity index (χ1n) is 13.1. The number of hydrogen-bond donors (Lipinski definition) is 1. The predicted molar refractivity (Wildman–Crippen MR) is 162 cm³/mol. The monoisotopic (exact) mass is 595 g/mol. The number of nitrogens with one attached hydrogen (secondary N) is 1. The number of carbonyl (C=O) groups excluding carboxylic acids is 1. The molecule has 216 valence electrons. The third-order valence-corrected chi connectivity index (χ3v) is 8.85. The van der Waals surface area contributed by atoms with E-state index < -0.39 is 21.6 Å². The van der Waals surface area contributed by atoms with Crippen LogP contribution in [0.4, 0.5) is 5.69 Å². The largest absolute Gasteiger partial charge is 0.457 e. The molecule has 4 aromatic rings. The van der Waals surface area contributed by atoms with E-state index in [9.17, 15) is 18.0 Å². The Bertz CT molecular complexity index is 1780. The molecule has 1 N–H and O–H groups in total. The number of anilines is 1. The summed E-state index contributed by atoms with van der Waals surface area (Å²) >= 11 is 6.29. The summed E-state index contributed by atoms with van der Waals surface area (Å²) in [5.41, 5.74) is 4.30. The van der Waals surface area contributed by atoms with Gasteiger partial charge in [0.05, 0.1) is 26.9 Å². The van der Waals surface area contributed by atoms with Crippen molar-refractivity contribution in [3.05, 3.63) is 110 Å². The van der Waals surface area contributed by atoms with Crippen molar-refractivity contribution in [2.75, 3.05) is 4.72 Å². The molecule has 3 aromatic carbocycles. The van der Waals surface area contributed by atoms with Gasteiger partial charge in [0.25, 0.3) is 15.6 Å². The van der Waals surface area contributed by atoms with Gasteiger partial charge in [0, 0.05) is 7.05 Å². The second-order valence-corrected chi connectivity index (χ2v) is 13.2. The fraction of sp³-hybridized carbons (Fsp3) is 0.290. The zero-order valence-corrected chi connectivity index (χ0v) is 25.8. The minimum absolute atomic E-state index is 0.00865. The molecule has 0 aliphatic rings. The van der Waals surface area contributed by atoms with Gasteiger partial charge in [0.15, 0.2) is 0 Å². The van der Waals surface area contributed by atoms with Crippen LogP contribution in [0, 0.1) is 20.8 Å². The number of para-hydroxylation sites is 1. The van der Waals surface area contributed by atoms with Gasteiger partial charge >= 0.3 is 5.97 Å². The van der Waals surface area contributed by atoms with Crippen LogP contribution in [-0.4, -0.2) is 23.8 Å². The fourth-order valence-electron chi connectivity index (χ4n) is 4.58. The number of rotatable bonds is 7. The van der Waals surface area contributed by atoms with Crippen LogP contribution in [0.3, 0.4) is 0 Å². The zero-order chi connectivity index (χ0) is 30.3. The molecule has 1 heterocycles. The van der Waals surface area contributed by atoms with Gasteiger partial charge < -0.3 is 4.74 Å². The van der Waals surface area contributed by atoms with Crippen LogP contribution in [-0.2, 0) is 33.8 Å². The number of nitrogens with zero attached hydrogens (tertiary/aromatic N) is 2. The first kappa shape index (κ1) is 30.1. The number of aromatic nitrogens is 2. The second kappa shape index (κ2) is 11.2. The Labute approximate surface area is 245 Å². The van der Waals surface area contributed by atoms with E-state index in [1.807, 2.05) is 19.9 Å². The van der Waals surface area contributed by atoms with E-state index in [1.54, 1.807) is 42.9 Å². The van der Waals surface area contributed by atoms with Crippen molar-refractivity contribution in [2.45, 2.75) is 58.5 Å². The molecule has 0 saturated carbocycles. The predicted octanol–water partition coefficient (Wildman–Crippen LogP) is 6.21. The average Bonchev–Trinajstić information content (AvgIpc) is 3.10. The van der Waals surface area contributed by atoms with Gasteiger partial charge in [-0.1, -0.05) is 62.7 Å². The van der Waals surface area contributed by atoms with Crippen LogP contribution in [0.2, 0.25) is 5.02 Å². The molecule has 0 bridgehead atoms. The maximum Gasteiger partial charge on any atom is 0.340 e. The molecule has 0 saturated heterocycles. The van der Waals surface area contributed by atoms with Crippen molar-refractivity contribution < 1.29 is 17.9 Å². The van der Waals surface area contributed by atoms with Crippen molar-refractivity contribution >= 4 is 33.3 Å². The van der Waals surface area contributed by atoms with Crippen molar-refractivity contribution in [3.63, 3.8) is 0 Å². The lowest BCUT2D eigenvalue weighted by Crippen LogP contribution is -2.23. The third kappa shape index (κ3) is 6.11. The molecule has 10 heteroatoms. The normalized spacial score (nSPS) is 11.9. The van der Waals surface area contributed by atoms with E-state index in [0.29, 0.717) is 11.4 Å². The van der Waals surface area contributed by atoms with E-state index in [2.05, 4.69) is 37.6 Å². The molecular formula is C31H34ClN3O5S. The van der Waals surface area contributed by atoms with Gasteiger partial charge in [-0.05, 0) is 78.8 Å². The first-order chi connectivity index (χ1) is 19.1. The zero-order valence-electron chi connectivity index (χ0n) is 24.2. The summed E-state index contributed by atoms with van der Waals surface area (Å²) in [7, 11) is -2.59.